The van der Waals surface area contributed by atoms with E-state index >= 15 is 0 Å². The van der Waals surface area contributed by atoms with Gasteiger partial charge in [0, 0.05) is 11.6 Å². The molecule has 0 aliphatic rings. The highest BCUT2D eigenvalue weighted by Gasteiger charge is 2.17. The number of sulfonamides is 1. The van der Waals surface area contributed by atoms with E-state index in [0.29, 0.717) is 6.42 Å². The minimum absolute atomic E-state index is 0.0550. The van der Waals surface area contributed by atoms with E-state index in [1.807, 2.05) is 6.92 Å². The van der Waals surface area contributed by atoms with E-state index in [0.717, 1.165) is 0 Å². The zero-order valence-electron chi connectivity index (χ0n) is 14.8. The van der Waals surface area contributed by atoms with Crippen LogP contribution in [0.3, 0.4) is 0 Å². The Morgan fingerprint density at radius 2 is 1.59 bits per heavy atom. The van der Waals surface area contributed by atoms with Crippen LogP contribution in [0.5, 0.6) is 0 Å². The molecule has 2 amide bonds. The van der Waals surface area contributed by atoms with Crippen molar-refractivity contribution in [1.29, 1.82) is 0 Å². The van der Waals surface area contributed by atoms with E-state index in [1.165, 1.54) is 30.3 Å². The molecule has 0 saturated carbocycles. The van der Waals surface area contributed by atoms with Crippen molar-refractivity contribution in [3.8, 4) is 0 Å². The second kappa shape index (κ2) is 8.98. The van der Waals surface area contributed by atoms with Crippen molar-refractivity contribution in [3.05, 3.63) is 64.7 Å². The SMILES string of the molecule is CC[C@H](C)NS(=O)(=O)c1ccc(C(=O)NNC(=O)c2ccccc2Cl)cc1. The van der Waals surface area contributed by atoms with Crippen LogP contribution in [0.2, 0.25) is 5.02 Å². The maximum Gasteiger partial charge on any atom is 0.271 e. The molecule has 0 bridgehead atoms. The number of carbonyl (C=O) groups excluding carboxylic acids is 2. The van der Waals surface area contributed by atoms with Crippen LogP contribution in [0.25, 0.3) is 0 Å². The van der Waals surface area contributed by atoms with Gasteiger partial charge in [0.05, 0.1) is 15.5 Å². The summed E-state index contributed by atoms with van der Waals surface area (Å²) >= 11 is 5.92. The Hall–Kier alpha value is -2.42. The third-order valence-electron chi connectivity index (χ3n) is 3.80. The van der Waals surface area contributed by atoms with Crippen molar-refractivity contribution in [3.63, 3.8) is 0 Å². The molecule has 0 heterocycles. The van der Waals surface area contributed by atoms with Gasteiger partial charge in [0.25, 0.3) is 11.8 Å². The van der Waals surface area contributed by atoms with Crippen molar-refractivity contribution in [2.24, 2.45) is 0 Å². The number of carbonyl (C=O) groups is 2. The first-order chi connectivity index (χ1) is 12.7. The number of hydrazine groups is 1. The molecule has 0 fully saturated rings. The van der Waals surface area contributed by atoms with E-state index in [4.69, 9.17) is 11.6 Å². The molecule has 0 aromatic heterocycles. The van der Waals surface area contributed by atoms with Crippen LogP contribution in [0.4, 0.5) is 0 Å². The molecule has 0 aliphatic carbocycles. The van der Waals surface area contributed by atoms with Gasteiger partial charge in [-0.2, -0.15) is 0 Å². The van der Waals surface area contributed by atoms with Gasteiger partial charge in [0.2, 0.25) is 10.0 Å². The molecule has 0 spiro atoms. The Balaban J connectivity index is 2.01. The lowest BCUT2D eigenvalue weighted by molar-refractivity contribution is 0.0846. The molecule has 2 aromatic carbocycles. The highest BCUT2D eigenvalue weighted by molar-refractivity contribution is 7.89. The molecule has 144 valence electrons. The van der Waals surface area contributed by atoms with Gasteiger partial charge in [0.15, 0.2) is 0 Å². The van der Waals surface area contributed by atoms with Gasteiger partial charge in [0.1, 0.15) is 0 Å². The smallest absolute Gasteiger partial charge is 0.267 e. The first-order valence-corrected chi connectivity index (χ1v) is 10.1. The third-order valence-corrected chi connectivity index (χ3v) is 5.74. The Morgan fingerprint density at radius 3 is 2.19 bits per heavy atom. The zero-order valence-corrected chi connectivity index (χ0v) is 16.4. The Kier molecular flexibility index (Phi) is 6.95. The lowest BCUT2D eigenvalue weighted by Crippen LogP contribution is -2.41. The molecule has 1 atom stereocenters. The number of rotatable bonds is 6. The zero-order chi connectivity index (χ0) is 20.0. The quantitative estimate of drug-likeness (QED) is 0.637. The van der Waals surface area contributed by atoms with Crippen molar-refractivity contribution < 1.29 is 18.0 Å². The normalized spacial score (nSPS) is 12.3. The summed E-state index contributed by atoms with van der Waals surface area (Å²) in [7, 11) is -3.65. The molecule has 9 heteroatoms. The molecular weight excluding hydrogens is 390 g/mol. The van der Waals surface area contributed by atoms with Gasteiger partial charge in [-0.05, 0) is 49.7 Å². The number of hydrogen-bond acceptors (Lipinski definition) is 4. The fourth-order valence-electron chi connectivity index (χ4n) is 2.10. The molecule has 0 aliphatic heterocycles. The molecule has 0 radical (unpaired) electrons. The third kappa shape index (κ3) is 5.53. The first-order valence-electron chi connectivity index (χ1n) is 8.22. The van der Waals surface area contributed by atoms with E-state index in [1.54, 1.807) is 25.1 Å². The van der Waals surface area contributed by atoms with Crippen molar-refractivity contribution in [2.45, 2.75) is 31.2 Å². The predicted octanol–water partition coefficient (Wildman–Crippen LogP) is 2.49. The Morgan fingerprint density at radius 1 is 1.00 bits per heavy atom. The van der Waals surface area contributed by atoms with E-state index in [9.17, 15) is 18.0 Å². The molecule has 2 aromatic rings. The van der Waals surface area contributed by atoms with Gasteiger partial charge >= 0.3 is 0 Å². The van der Waals surface area contributed by atoms with Crippen LogP contribution in [-0.4, -0.2) is 26.3 Å². The standard InChI is InChI=1S/C18H20ClN3O4S/c1-3-12(2)22-27(25,26)14-10-8-13(9-11-14)17(23)20-21-18(24)15-6-4-5-7-16(15)19/h4-12,22H,3H2,1-2H3,(H,20,23)(H,21,24)/t12-/m0/s1. The number of hydrogen-bond donors (Lipinski definition) is 3. The molecule has 0 saturated heterocycles. The summed E-state index contributed by atoms with van der Waals surface area (Å²) in [5, 5.41) is 0.257. The van der Waals surface area contributed by atoms with Crippen LogP contribution < -0.4 is 15.6 Å². The summed E-state index contributed by atoms with van der Waals surface area (Å²) in [5.41, 5.74) is 4.94. The van der Waals surface area contributed by atoms with Crippen molar-refractivity contribution in [2.75, 3.05) is 0 Å². The average molecular weight is 410 g/mol. The highest BCUT2D eigenvalue weighted by Crippen LogP contribution is 2.14. The van der Waals surface area contributed by atoms with Crippen molar-refractivity contribution in [1.82, 2.24) is 15.6 Å². The Labute approximate surface area is 163 Å². The minimum Gasteiger partial charge on any atom is -0.267 e. The van der Waals surface area contributed by atoms with Gasteiger partial charge in [-0.25, -0.2) is 13.1 Å². The van der Waals surface area contributed by atoms with E-state index in [-0.39, 0.29) is 27.1 Å². The maximum atomic E-state index is 12.2. The molecule has 0 unspecified atom stereocenters. The van der Waals surface area contributed by atoms with Crippen LogP contribution in [0, 0.1) is 0 Å². The number of benzene rings is 2. The summed E-state index contributed by atoms with van der Waals surface area (Å²) in [6.45, 7) is 3.64. The van der Waals surface area contributed by atoms with Crippen LogP contribution in [0.15, 0.2) is 53.4 Å². The fourth-order valence-corrected chi connectivity index (χ4v) is 3.65. The van der Waals surface area contributed by atoms with Crippen molar-refractivity contribution >= 4 is 33.4 Å². The average Bonchev–Trinajstić information content (AvgIpc) is 2.65. The van der Waals surface area contributed by atoms with E-state index in [2.05, 4.69) is 15.6 Å². The van der Waals surface area contributed by atoms with Crippen LogP contribution >= 0.6 is 11.6 Å². The lowest BCUT2D eigenvalue weighted by atomic mass is 10.2. The summed E-state index contributed by atoms with van der Waals surface area (Å²) in [5.74, 6) is -1.15. The summed E-state index contributed by atoms with van der Waals surface area (Å²) in [6.07, 6.45) is 0.658. The maximum absolute atomic E-state index is 12.2. The minimum atomic E-state index is -3.65. The molecular formula is C18H20ClN3O4S. The predicted molar refractivity (Wildman–Crippen MR) is 103 cm³/mol. The first kappa shape index (κ1) is 20.9. The lowest BCUT2D eigenvalue weighted by Gasteiger charge is -2.12. The number of amides is 2. The molecule has 7 nitrogen and oxygen atoms in total. The summed E-state index contributed by atoms with van der Waals surface area (Å²) in [6, 6.07) is 11.6. The van der Waals surface area contributed by atoms with Gasteiger partial charge < -0.3 is 0 Å². The largest absolute Gasteiger partial charge is 0.271 e. The number of halogens is 1. The molecule has 3 N–H and O–H groups in total. The number of nitrogens with one attached hydrogen (secondary N) is 3. The molecule has 27 heavy (non-hydrogen) atoms. The van der Waals surface area contributed by atoms with Gasteiger partial charge in [-0.15, -0.1) is 0 Å². The van der Waals surface area contributed by atoms with Crippen LogP contribution in [-0.2, 0) is 10.0 Å². The summed E-state index contributed by atoms with van der Waals surface area (Å²) < 4.78 is 26.9. The Bertz CT molecular complexity index is 930. The summed E-state index contributed by atoms with van der Waals surface area (Å²) in [4.78, 5) is 24.2. The van der Waals surface area contributed by atoms with Gasteiger partial charge in [-0.3, -0.25) is 20.4 Å². The highest BCUT2D eigenvalue weighted by atomic mass is 35.5. The van der Waals surface area contributed by atoms with E-state index < -0.39 is 21.8 Å². The van der Waals surface area contributed by atoms with Gasteiger partial charge in [-0.1, -0.05) is 30.7 Å². The topological polar surface area (TPSA) is 104 Å². The second-order valence-corrected chi connectivity index (χ2v) is 7.96. The second-order valence-electron chi connectivity index (χ2n) is 5.84. The van der Waals surface area contributed by atoms with Crippen LogP contribution in [0.1, 0.15) is 41.0 Å². The molecule has 2 rings (SSSR count). The monoisotopic (exact) mass is 409 g/mol. The fraction of sp³-hybridized carbons (Fsp3) is 0.222.